The van der Waals surface area contributed by atoms with Gasteiger partial charge in [0.2, 0.25) is 0 Å². The fraction of sp³-hybridized carbons (Fsp3) is 0.286. The molecule has 0 bridgehead atoms. The number of aromatic amines is 1. The molecule has 64 valence electrons. The van der Waals surface area contributed by atoms with Crippen LogP contribution in [0.5, 0.6) is 0 Å². The van der Waals surface area contributed by atoms with E-state index in [0.29, 0.717) is 4.77 Å². The lowest BCUT2D eigenvalue weighted by atomic mass is 10.3. The molecule has 5 heteroatoms. The second-order valence-corrected chi connectivity index (χ2v) is 2.75. The van der Waals surface area contributed by atoms with Crippen LogP contribution in [-0.4, -0.2) is 14.8 Å². The van der Waals surface area contributed by atoms with E-state index in [4.69, 9.17) is 12.2 Å². The smallest absolute Gasteiger partial charge is 0.270 e. The van der Waals surface area contributed by atoms with Gasteiger partial charge >= 0.3 is 0 Å². The van der Waals surface area contributed by atoms with Crippen LogP contribution in [0.25, 0.3) is 0 Å². The predicted octanol–water partition coefficient (Wildman–Crippen LogP) is 1.05. The molecule has 1 aromatic rings. The quantitative estimate of drug-likeness (QED) is 0.550. The van der Waals surface area contributed by atoms with Crippen molar-refractivity contribution in [3.05, 3.63) is 34.0 Å². The van der Waals surface area contributed by atoms with E-state index in [9.17, 15) is 4.79 Å². The number of rotatable bonds is 2. The Bertz CT molecular complexity index is 392. The summed E-state index contributed by atoms with van der Waals surface area (Å²) in [6.07, 6.45) is 2.89. The number of hydrogen-bond acceptors (Lipinski definition) is 3. The maximum Gasteiger partial charge on any atom is 0.270 e. The van der Waals surface area contributed by atoms with Crippen LogP contribution in [0.3, 0.4) is 0 Å². The summed E-state index contributed by atoms with van der Waals surface area (Å²) >= 11 is 4.88. The average Bonchev–Trinajstić information content (AvgIpc) is 2.03. The van der Waals surface area contributed by atoms with Crippen molar-refractivity contribution in [3.63, 3.8) is 0 Å². The number of aromatic nitrogens is 3. The van der Waals surface area contributed by atoms with Crippen LogP contribution in [0.2, 0.25) is 0 Å². The molecule has 1 rings (SSSR count). The van der Waals surface area contributed by atoms with Gasteiger partial charge in [-0.25, -0.2) is 4.68 Å². The van der Waals surface area contributed by atoms with Crippen LogP contribution < -0.4 is 5.56 Å². The highest BCUT2D eigenvalue weighted by molar-refractivity contribution is 7.71. The minimum atomic E-state index is -0.285. The Kier molecular flexibility index (Phi) is 2.54. The lowest BCUT2D eigenvalue weighted by Crippen LogP contribution is -2.16. The SMILES string of the molecule is C=CC(C)n1ncc(=O)[nH]c1=S. The molecule has 1 heterocycles. The summed E-state index contributed by atoms with van der Waals surface area (Å²) in [6.45, 7) is 5.48. The first-order valence-electron chi connectivity index (χ1n) is 3.46. The number of H-pyrrole nitrogens is 1. The van der Waals surface area contributed by atoms with Gasteiger partial charge in [-0.05, 0) is 19.1 Å². The Morgan fingerprint density at radius 3 is 3.08 bits per heavy atom. The normalized spacial score (nSPS) is 12.4. The Morgan fingerprint density at radius 1 is 1.92 bits per heavy atom. The summed E-state index contributed by atoms with van der Waals surface area (Å²) in [5.41, 5.74) is -0.285. The lowest BCUT2D eigenvalue weighted by molar-refractivity contribution is 0.540. The Hall–Kier alpha value is -1.23. The van der Waals surface area contributed by atoms with Gasteiger partial charge in [-0.15, -0.1) is 6.58 Å². The molecular weight excluding hydrogens is 174 g/mol. The lowest BCUT2D eigenvalue weighted by Gasteiger charge is -2.07. The molecule has 0 aromatic carbocycles. The summed E-state index contributed by atoms with van der Waals surface area (Å²) in [6, 6.07) is -0.00523. The zero-order valence-corrected chi connectivity index (χ0v) is 7.47. The molecule has 12 heavy (non-hydrogen) atoms. The maximum atomic E-state index is 10.7. The van der Waals surface area contributed by atoms with Crippen molar-refractivity contribution >= 4 is 12.2 Å². The van der Waals surface area contributed by atoms with E-state index < -0.39 is 0 Å². The van der Waals surface area contributed by atoms with Crippen LogP contribution in [-0.2, 0) is 0 Å². The number of allylic oxidation sites excluding steroid dienone is 1. The van der Waals surface area contributed by atoms with Gasteiger partial charge in [-0.3, -0.25) is 9.78 Å². The maximum absolute atomic E-state index is 10.7. The highest BCUT2D eigenvalue weighted by Gasteiger charge is 1.99. The van der Waals surface area contributed by atoms with Crippen molar-refractivity contribution in [1.82, 2.24) is 14.8 Å². The standard InChI is InChI=1S/C7H9N3OS/c1-3-5(2)10-7(12)9-6(11)4-8-10/h3-5H,1H2,2H3,(H,9,11,12). The summed E-state index contributed by atoms with van der Waals surface area (Å²) in [5.74, 6) is 0. The Morgan fingerprint density at radius 2 is 2.58 bits per heavy atom. The van der Waals surface area contributed by atoms with Crippen LogP contribution in [0.1, 0.15) is 13.0 Å². The Balaban J connectivity index is 3.27. The summed E-state index contributed by atoms with van der Waals surface area (Å²) in [4.78, 5) is 13.2. The molecule has 0 fully saturated rings. The fourth-order valence-electron chi connectivity index (χ4n) is 0.752. The Labute approximate surface area is 74.6 Å². The molecule has 1 atom stereocenters. The molecule has 0 amide bonds. The number of nitrogens with zero attached hydrogens (tertiary/aromatic N) is 2. The van der Waals surface area contributed by atoms with Gasteiger partial charge < -0.3 is 0 Å². The minimum Gasteiger partial charge on any atom is -0.297 e. The number of nitrogens with one attached hydrogen (secondary N) is 1. The zero-order chi connectivity index (χ0) is 9.14. The molecule has 0 spiro atoms. The molecule has 4 nitrogen and oxygen atoms in total. The van der Waals surface area contributed by atoms with Crippen molar-refractivity contribution in [3.8, 4) is 0 Å². The second kappa shape index (κ2) is 3.44. The average molecular weight is 183 g/mol. The molecule has 1 aromatic heterocycles. The van der Waals surface area contributed by atoms with Crippen molar-refractivity contribution in [1.29, 1.82) is 0 Å². The third-order valence-corrected chi connectivity index (χ3v) is 1.75. The van der Waals surface area contributed by atoms with E-state index in [0.717, 1.165) is 0 Å². The largest absolute Gasteiger partial charge is 0.297 e. The van der Waals surface area contributed by atoms with Crippen LogP contribution in [0.4, 0.5) is 0 Å². The van der Waals surface area contributed by atoms with Gasteiger partial charge in [0.1, 0.15) is 6.20 Å². The molecule has 0 aliphatic carbocycles. The van der Waals surface area contributed by atoms with Crippen molar-refractivity contribution in [2.45, 2.75) is 13.0 Å². The van der Waals surface area contributed by atoms with Gasteiger partial charge in [0, 0.05) is 0 Å². The van der Waals surface area contributed by atoms with Crippen molar-refractivity contribution in [2.75, 3.05) is 0 Å². The summed E-state index contributed by atoms with van der Waals surface area (Å²) < 4.78 is 1.83. The third-order valence-electron chi connectivity index (χ3n) is 1.46. The molecule has 1 unspecified atom stereocenters. The van der Waals surface area contributed by atoms with E-state index in [1.54, 1.807) is 6.08 Å². The molecule has 0 radical (unpaired) electrons. The highest BCUT2D eigenvalue weighted by Crippen LogP contribution is 2.01. The van der Waals surface area contributed by atoms with Crippen LogP contribution >= 0.6 is 12.2 Å². The van der Waals surface area contributed by atoms with E-state index in [2.05, 4.69) is 16.7 Å². The molecule has 0 aliphatic heterocycles. The van der Waals surface area contributed by atoms with Gasteiger partial charge in [-0.2, -0.15) is 5.10 Å². The van der Waals surface area contributed by atoms with Gasteiger partial charge in [0.15, 0.2) is 4.77 Å². The van der Waals surface area contributed by atoms with E-state index >= 15 is 0 Å². The molecule has 0 saturated carbocycles. The van der Waals surface area contributed by atoms with Gasteiger partial charge in [0.25, 0.3) is 5.56 Å². The topological polar surface area (TPSA) is 50.7 Å². The first-order valence-corrected chi connectivity index (χ1v) is 3.86. The van der Waals surface area contributed by atoms with E-state index in [-0.39, 0.29) is 11.6 Å². The first-order chi connectivity index (χ1) is 5.65. The first kappa shape index (κ1) is 8.86. The third kappa shape index (κ3) is 1.68. The summed E-state index contributed by atoms with van der Waals surface area (Å²) in [7, 11) is 0. The number of hydrogen-bond donors (Lipinski definition) is 1. The molecule has 1 N–H and O–H groups in total. The zero-order valence-electron chi connectivity index (χ0n) is 6.65. The predicted molar refractivity (Wildman–Crippen MR) is 48.6 cm³/mol. The van der Waals surface area contributed by atoms with Crippen LogP contribution in [0, 0.1) is 4.77 Å². The van der Waals surface area contributed by atoms with Gasteiger partial charge in [-0.1, -0.05) is 6.08 Å². The van der Waals surface area contributed by atoms with Crippen LogP contribution in [0.15, 0.2) is 23.6 Å². The fourth-order valence-corrected chi connectivity index (χ4v) is 1.07. The molecular formula is C7H9N3OS. The van der Waals surface area contributed by atoms with Gasteiger partial charge in [0.05, 0.1) is 6.04 Å². The highest BCUT2D eigenvalue weighted by atomic mass is 32.1. The van der Waals surface area contributed by atoms with Crippen molar-refractivity contribution < 1.29 is 0 Å². The minimum absolute atomic E-state index is 0.00523. The van der Waals surface area contributed by atoms with E-state index in [1.165, 1.54) is 10.9 Å². The second-order valence-electron chi connectivity index (χ2n) is 2.36. The molecule has 0 aliphatic rings. The summed E-state index contributed by atoms with van der Waals surface area (Å²) in [5, 5.41) is 3.85. The monoisotopic (exact) mass is 183 g/mol. The van der Waals surface area contributed by atoms with E-state index in [1.807, 2.05) is 6.92 Å². The molecule has 0 saturated heterocycles. The van der Waals surface area contributed by atoms with Crippen molar-refractivity contribution in [2.24, 2.45) is 0 Å².